The summed E-state index contributed by atoms with van der Waals surface area (Å²) in [6, 6.07) is 15.1. The predicted molar refractivity (Wildman–Crippen MR) is 176 cm³/mol. The van der Waals surface area contributed by atoms with Gasteiger partial charge in [0.05, 0.1) is 60.4 Å². The molecular weight excluding hydrogens is 671 g/mol. The summed E-state index contributed by atoms with van der Waals surface area (Å²) in [4.78, 5) is 17.9. The van der Waals surface area contributed by atoms with Crippen LogP contribution in [-0.2, 0) is 33.0 Å². The minimum Gasteiger partial charge on any atom is -0.447 e. The maximum absolute atomic E-state index is 15.7. The topological polar surface area (TPSA) is 143 Å². The van der Waals surface area contributed by atoms with Crippen LogP contribution in [0, 0.1) is 40.1 Å². The van der Waals surface area contributed by atoms with Gasteiger partial charge in [0, 0.05) is 22.4 Å². The Labute approximate surface area is 290 Å². The van der Waals surface area contributed by atoms with E-state index in [9.17, 15) is 23.9 Å². The number of benzene rings is 3. The summed E-state index contributed by atoms with van der Waals surface area (Å²) in [7, 11) is 0. The Bertz CT molecular complexity index is 1970. The van der Waals surface area contributed by atoms with Gasteiger partial charge in [0.15, 0.2) is 11.9 Å². The first kappa shape index (κ1) is 36.0. The van der Waals surface area contributed by atoms with Crippen LogP contribution < -0.4 is 0 Å². The molecule has 2 unspecified atom stereocenters. The first-order valence-corrected chi connectivity index (χ1v) is 16.2. The summed E-state index contributed by atoms with van der Waals surface area (Å²) in [5, 5.41) is 31.4. The third-order valence-corrected chi connectivity index (χ3v) is 9.33. The number of aliphatic hydroxyl groups is 1. The van der Waals surface area contributed by atoms with Gasteiger partial charge in [0.2, 0.25) is 0 Å². The highest BCUT2D eigenvalue weighted by Crippen LogP contribution is 2.42. The van der Waals surface area contributed by atoms with E-state index in [4.69, 9.17) is 19.5 Å². The van der Waals surface area contributed by atoms with Crippen molar-refractivity contribution in [2.24, 2.45) is 0 Å². The molecule has 1 N–H and O–H groups in total. The second kappa shape index (κ2) is 16.4. The molecule has 3 aromatic carbocycles. The highest BCUT2D eigenvalue weighted by atomic mass is 32.2. The number of allylic oxidation sites excluding steroid dienone is 2. The third kappa shape index (κ3) is 8.48. The molecule has 0 aliphatic carbocycles. The molecule has 14 heteroatoms. The molecule has 0 saturated carbocycles. The van der Waals surface area contributed by atoms with E-state index < -0.39 is 47.2 Å². The highest BCUT2D eigenvalue weighted by Gasteiger charge is 2.47. The number of nitrogens with zero attached hydrogens (tertiary/aromatic N) is 5. The Kier molecular flexibility index (Phi) is 11.8. The van der Waals surface area contributed by atoms with Crippen molar-refractivity contribution in [1.29, 1.82) is 10.5 Å². The monoisotopic (exact) mass is 701 g/mol. The zero-order chi connectivity index (χ0) is 35.7. The van der Waals surface area contributed by atoms with Gasteiger partial charge in [-0.1, -0.05) is 30.4 Å². The lowest BCUT2D eigenvalue weighted by molar-refractivity contribution is -0.146. The normalized spacial score (nSPS) is 18.0. The summed E-state index contributed by atoms with van der Waals surface area (Å²) >= 11 is 1.29. The maximum atomic E-state index is 15.7. The van der Waals surface area contributed by atoms with Crippen molar-refractivity contribution in [3.63, 3.8) is 0 Å². The smallest absolute Gasteiger partial charge is 0.339 e. The van der Waals surface area contributed by atoms with Gasteiger partial charge in [-0.15, -0.1) is 11.8 Å². The number of thioether (sulfide) groups is 1. The lowest BCUT2D eigenvalue weighted by Crippen LogP contribution is -2.47. The largest absolute Gasteiger partial charge is 0.447 e. The van der Waals surface area contributed by atoms with E-state index in [0.717, 1.165) is 12.1 Å². The summed E-state index contributed by atoms with van der Waals surface area (Å²) in [5.41, 5.74) is -1.19. The van der Waals surface area contributed by atoms with E-state index >= 15 is 4.39 Å². The Balaban J connectivity index is 1.38. The third-order valence-electron chi connectivity index (χ3n) is 7.89. The molecule has 0 bridgehead atoms. The molecule has 2 atom stereocenters. The fourth-order valence-electron chi connectivity index (χ4n) is 5.32. The Morgan fingerprint density at radius 2 is 1.82 bits per heavy atom. The molecular formula is C36H30F3N5O5S. The molecule has 256 valence electrons. The van der Waals surface area contributed by atoms with E-state index in [1.165, 1.54) is 65.5 Å². The predicted octanol–water partition coefficient (Wildman–Crippen LogP) is 5.82. The van der Waals surface area contributed by atoms with E-state index in [2.05, 4.69) is 10.1 Å². The number of hydrogen-bond donors (Lipinski definition) is 1. The fraction of sp³-hybridized carbons (Fsp3) is 0.250. The average Bonchev–Trinajstić information content (AvgIpc) is 3.63. The van der Waals surface area contributed by atoms with Crippen LogP contribution in [0.2, 0.25) is 0 Å². The summed E-state index contributed by atoms with van der Waals surface area (Å²) in [5.74, 6) is -3.27. The lowest BCUT2D eigenvalue weighted by atomic mass is 9.89. The van der Waals surface area contributed by atoms with Crippen molar-refractivity contribution >= 4 is 23.8 Å². The number of aromatic nitrogens is 3. The van der Waals surface area contributed by atoms with Crippen LogP contribution >= 0.6 is 11.8 Å². The van der Waals surface area contributed by atoms with Crippen LogP contribution in [-0.4, -0.2) is 55.8 Å². The van der Waals surface area contributed by atoms with Gasteiger partial charge < -0.3 is 19.3 Å². The first-order chi connectivity index (χ1) is 24.1. The molecule has 1 saturated heterocycles. The number of aliphatic hydroxyl groups excluding tert-OH is 1. The van der Waals surface area contributed by atoms with Crippen LogP contribution in [0.4, 0.5) is 13.2 Å². The Hall–Kier alpha value is -5.25. The van der Waals surface area contributed by atoms with Gasteiger partial charge >= 0.3 is 5.97 Å². The van der Waals surface area contributed by atoms with Crippen molar-refractivity contribution in [2.45, 2.75) is 42.5 Å². The molecule has 10 nitrogen and oxygen atoms in total. The molecule has 1 aromatic heterocycles. The summed E-state index contributed by atoms with van der Waals surface area (Å²) < 4.78 is 63.4. The zero-order valence-corrected chi connectivity index (χ0v) is 27.4. The van der Waals surface area contributed by atoms with Gasteiger partial charge in [-0.25, -0.2) is 27.6 Å². The molecule has 1 fully saturated rings. The number of nitriles is 2. The van der Waals surface area contributed by atoms with Gasteiger partial charge in [-0.2, -0.15) is 15.6 Å². The van der Waals surface area contributed by atoms with Gasteiger partial charge in [-0.05, 0) is 55.0 Å². The quantitative estimate of drug-likeness (QED) is 0.142. The highest BCUT2D eigenvalue weighted by molar-refractivity contribution is 8.00. The molecule has 0 spiro atoms. The SMILES string of the molecule is CC(SC1COC(C=CC=Cc2ccc(C#N)cc2F)OC1)C(Cn1cncn1)(OC(=O)c1cc(C#N)ccc1CO)c1ccc(F)cc1F. The lowest BCUT2D eigenvalue weighted by Gasteiger charge is -2.40. The van der Waals surface area contributed by atoms with Crippen molar-refractivity contribution < 1.29 is 37.3 Å². The van der Waals surface area contributed by atoms with Gasteiger partial charge in [0.1, 0.15) is 30.1 Å². The molecule has 2 heterocycles. The average molecular weight is 702 g/mol. The summed E-state index contributed by atoms with van der Waals surface area (Å²) in [6.07, 6.45) is 8.35. The second-order valence-corrected chi connectivity index (χ2v) is 12.8. The van der Waals surface area contributed by atoms with Crippen LogP contribution in [0.3, 0.4) is 0 Å². The second-order valence-electron chi connectivity index (χ2n) is 11.2. The number of carbonyl (C=O) groups is 1. The zero-order valence-electron chi connectivity index (χ0n) is 26.6. The van der Waals surface area contributed by atoms with Gasteiger partial charge in [-0.3, -0.25) is 0 Å². The van der Waals surface area contributed by atoms with Crippen molar-refractivity contribution in [3.05, 3.63) is 136 Å². The van der Waals surface area contributed by atoms with Gasteiger partial charge in [0.25, 0.3) is 0 Å². The number of rotatable bonds is 12. The summed E-state index contributed by atoms with van der Waals surface area (Å²) in [6.45, 7) is 1.34. The van der Waals surface area contributed by atoms with Crippen molar-refractivity contribution in [3.8, 4) is 12.1 Å². The number of esters is 1. The number of halogens is 3. The number of hydrogen-bond acceptors (Lipinski definition) is 10. The number of carbonyl (C=O) groups excluding carboxylic acids is 1. The van der Waals surface area contributed by atoms with Crippen LogP contribution in [0.5, 0.6) is 0 Å². The molecule has 1 aliphatic rings. The van der Waals surface area contributed by atoms with E-state index in [0.29, 0.717) is 11.6 Å². The minimum atomic E-state index is -1.83. The minimum absolute atomic E-state index is 0.0934. The molecule has 5 rings (SSSR count). The first-order valence-electron chi connectivity index (χ1n) is 15.2. The standard InChI is InChI=1S/C36H30F3N5O5S/c1-23(50-29-18-47-34(48-19-29)5-3-2-4-26-8-6-25(16-41)13-32(26)38)36(20-44-22-42-21-43-44,31-11-10-28(37)14-33(31)39)49-35(46)30-12-24(15-40)7-9-27(30)17-45/h2-14,21-23,29,34,45H,17-20H2,1H3. The Morgan fingerprint density at radius 3 is 2.48 bits per heavy atom. The Morgan fingerprint density at radius 1 is 1.08 bits per heavy atom. The number of ether oxygens (including phenoxy) is 3. The van der Waals surface area contributed by atoms with Crippen molar-refractivity contribution in [2.75, 3.05) is 13.2 Å². The van der Waals surface area contributed by atoms with Crippen LogP contribution in [0.15, 0.2) is 85.5 Å². The molecule has 4 aromatic rings. The van der Waals surface area contributed by atoms with Crippen LogP contribution in [0.25, 0.3) is 6.08 Å². The molecule has 0 radical (unpaired) electrons. The van der Waals surface area contributed by atoms with E-state index in [-0.39, 0.29) is 52.8 Å². The molecule has 50 heavy (non-hydrogen) atoms. The van der Waals surface area contributed by atoms with E-state index in [1.54, 1.807) is 31.2 Å². The molecule has 1 aliphatic heterocycles. The molecule has 0 amide bonds. The van der Waals surface area contributed by atoms with Crippen LogP contribution in [0.1, 0.15) is 45.1 Å². The van der Waals surface area contributed by atoms with E-state index in [1.807, 2.05) is 12.1 Å². The fourth-order valence-corrected chi connectivity index (χ4v) is 6.68. The van der Waals surface area contributed by atoms with Crippen molar-refractivity contribution in [1.82, 2.24) is 14.8 Å². The maximum Gasteiger partial charge on any atom is 0.339 e.